The van der Waals surface area contributed by atoms with Crippen molar-refractivity contribution in [3.63, 3.8) is 0 Å². The number of hydrogen-bond acceptors (Lipinski definition) is 4. The summed E-state index contributed by atoms with van der Waals surface area (Å²) >= 11 is 1.68. The van der Waals surface area contributed by atoms with Crippen molar-refractivity contribution in [2.75, 3.05) is 39.8 Å². The highest BCUT2D eigenvalue weighted by Gasteiger charge is 2.25. The third kappa shape index (κ3) is 5.55. The maximum Gasteiger partial charge on any atom is 0.235 e. The molecule has 0 spiro atoms. The van der Waals surface area contributed by atoms with Crippen LogP contribution in [0, 0.1) is 0 Å². The number of hydrogen-bond donors (Lipinski definition) is 1. The van der Waals surface area contributed by atoms with Crippen LogP contribution < -0.4 is 5.32 Å². The largest absolute Gasteiger partial charge is 0.358 e. The molecular weight excluding hydrogens is 310 g/mol. The van der Waals surface area contributed by atoms with Gasteiger partial charge in [-0.05, 0) is 12.5 Å². The van der Waals surface area contributed by atoms with E-state index in [9.17, 15) is 9.59 Å². The lowest BCUT2D eigenvalue weighted by molar-refractivity contribution is -0.132. The Morgan fingerprint density at radius 1 is 1.17 bits per heavy atom. The van der Waals surface area contributed by atoms with Crippen LogP contribution in [0.4, 0.5) is 0 Å². The molecule has 1 saturated heterocycles. The molecule has 2 amide bonds. The van der Waals surface area contributed by atoms with Gasteiger partial charge in [0.25, 0.3) is 0 Å². The molecule has 2 rings (SSSR count). The molecule has 23 heavy (non-hydrogen) atoms. The SMILES string of the molecule is CNC(=O)CN1CCN(C(=O)[C@H](C)SCc2ccccc2)CC1. The Morgan fingerprint density at radius 3 is 2.43 bits per heavy atom. The molecule has 0 aromatic heterocycles. The molecule has 1 aliphatic heterocycles. The summed E-state index contributed by atoms with van der Waals surface area (Å²) in [5, 5.41) is 2.59. The summed E-state index contributed by atoms with van der Waals surface area (Å²) in [6, 6.07) is 10.2. The van der Waals surface area contributed by atoms with E-state index in [2.05, 4.69) is 22.3 Å². The van der Waals surface area contributed by atoms with Gasteiger partial charge in [-0.3, -0.25) is 14.5 Å². The van der Waals surface area contributed by atoms with Crippen LogP contribution in [0.15, 0.2) is 30.3 Å². The molecule has 1 aromatic carbocycles. The van der Waals surface area contributed by atoms with E-state index in [1.54, 1.807) is 18.8 Å². The number of carbonyl (C=O) groups is 2. The van der Waals surface area contributed by atoms with E-state index >= 15 is 0 Å². The smallest absolute Gasteiger partial charge is 0.235 e. The van der Waals surface area contributed by atoms with Crippen molar-refractivity contribution in [1.29, 1.82) is 0 Å². The molecule has 6 heteroatoms. The number of thioether (sulfide) groups is 1. The lowest BCUT2D eigenvalue weighted by atomic mass is 10.2. The number of amides is 2. The van der Waals surface area contributed by atoms with Gasteiger partial charge in [0, 0.05) is 39.0 Å². The molecule has 0 saturated carbocycles. The molecule has 0 radical (unpaired) electrons. The van der Waals surface area contributed by atoms with Crippen LogP contribution in [0.3, 0.4) is 0 Å². The molecule has 1 aromatic rings. The normalized spacial score (nSPS) is 16.9. The molecule has 0 unspecified atom stereocenters. The second kappa shape index (κ2) is 8.93. The van der Waals surface area contributed by atoms with E-state index in [0.29, 0.717) is 19.6 Å². The fourth-order valence-electron chi connectivity index (χ4n) is 2.53. The summed E-state index contributed by atoms with van der Waals surface area (Å²) in [6.45, 7) is 5.31. The van der Waals surface area contributed by atoms with Crippen molar-refractivity contribution in [3.8, 4) is 0 Å². The molecular formula is C17H25N3O2S. The van der Waals surface area contributed by atoms with Gasteiger partial charge in [-0.15, -0.1) is 11.8 Å². The Morgan fingerprint density at radius 2 is 1.83 bits per heavy atom. The van der Waals surface area contributed by atoms with Crippen LogP contribution in [-0.2, 0) is 15.3 Å². The molecule has 1 fully saturated rings. The number of rotatable bonds is 6. The first kappa shape index (κ1) is 17.8. The Bertz CT molecular complexity index is 516. The highest BCUT2D eigenvalue weighted by atomic mass is 32.2. The second-order valence-corrected chi connectivity index (χ2v) is 7.04. The molecule has 1 aliphatic rings. The lowest BCUT2D eigenvalue weighted by Gasteiger charge is -2.35. The van der Waals surface area contributed by atoms with Crippen LogP contribution in [0.25, 0.3) is 0 Å². The second-order valence-electron chi connectivity index (χ2n) is 5.71. The Labute approximate surface area is 142 Å². The first-order chi connectivity index (χ1) is 11.1. The van der Waals surface area contributed by atoms with Crippen molar-refractivity contribution in [1.82, 2.24) is 15.1 Å². The van der Waals surface area contributed by atoms with Gasteiger partial charge in [0.05, 0.1) is 11.8 Å². The molecule has 5 nitrogen and oxygen atoms in total. The van der Waals surface area contributed by atoms with Gasteiger partial charge in [-0.1, -0.05) is 30.3 Å². The highest BCUT2D eigenvalue weighted by molar-refractivity contribution is 7.99. The third-order valence-corrected chi connectivity index (χ3v) is 5.22. The highest BCUT2D eigenvalue weighted by Crippen LogP contribution is 2.20. The van der Waals surface area contributed by atoms with Gasteiger partial charge >= 0.3 is 0 Å². The number of nitrogens with one attached hydrogen (secondary N) is 1. The van der Waals surface area contributed by atoms with Crippen molar-refractivity contribution in [2.45, 2.75) is 17.9 Å². The van der Waals surface area contributed by atoms with Crippen molar-refractivity contribution >= 4 is 23.6 Å². The first-order valence-electron chi connectivity index (χ1n) is 7.97. The minimum Gasteiger partial charge on any atom is -0.358 e. The van der Waals surface area contributed by atoms with E-state index in [0.717, 1.165) is 18.8 Å². The molecule has 1 N–H and O–H groups in total. The zero-order valence-electron chi connectivity index (χ0n) is 13.8. The van der Waals surface area contributed by atoms with Crippen LogP contribution in [0.1, 0.15) is 12.5 Å². The van der Waals surface area contributed by atoms with Gasteiger partial charge in [-0.25, -0.2) is 0 Å². The molecule has 1 atom stereocenters. The Kier molecular flexibility index (Phi) is 6.92. The Balaban J connectivity index is 1.74. The van der Waals surface area contributed by atoms with E-state index in [4.69, 9.17) is 0 Å². The van der Waals surface area contributed by atoms with Crippen LogP contribution in [0.2, 0.25) is 0 Å². The maximum absolute atomic E-state index is 12.5. The predicted octanol–water partition coefficient (Wildman–Crippen LogP) is 1.20. The van der Waals surface area contributed by atoms with Crippen molar-refractivity contribution < 1.29 is 9.59 Å². The molecule has 0 bridgehead atoms. The quantitative estimate of drug-likeness (QED) is 0.849. The summed E-state index contributed by atoms with van der Waals surface area (Å²) < 4.78 is 0. The minimum atomic E-state index is -0.0410. The fourth-order valence-corrected chi connectivity index (χ4v) is 3.46. The van der Waals surface area contributed by atoms with Gasteiger partial charge in [0.2, 0.25) is 11.8 Å². The van der Waals surface area contributed by atoms with Crippen LogP contribution in [-0.4, -0.2) is 66.6 Å². The van der Waals surface area contributed by atoms with Crippen molar-refractivity contribution in [2.24, 2.45) is 0 Å². The van der Waals surface area contributed by atoms with E-state index in [1.165, 1.54) is 5.56 Å². The van der Waals surface area contributed by atoms with Crippen LogP contribution >= 0.6 is 11.8 Å². The fraction of sp³-hybridized carbons (Fsp3) is 0.529. The zero-order chi connectivity index (χ0) is 16.7. The van der Waals surface area contributed by atoms with Gasteiger partial charge in [-0.2, -0.15) is 0 Å². The van der Waals surface area contributed by atoms with Crippen molar-refractivity contribution in [3.05, 3.63) is 35.9 Å². The molecule has 1 heterocycles. The zero-order valence-corrected chi connectivity index (χ0v) is 14.6. The number of piperazine rings is 1. The number of likely N-dealkylation sites (N-methyl/N-ethyl adjacent to an activating group) is 1. The van der Waals surface area contributed by atoms with E-state index in [-0.39, 0.29) is 17.1 Å². The van der Waals surface area contributed by atoms with Gasteiger partial charge in [0.15, 0.2) is 0 Å². The van der Waals surface area contributed by atoms with E-state index < -0.39 is 0 Å². The topological polar surface area (TPSA) is 52.7 Å². The van der Waals surface area contributed by atoms with E-state index in [1.807, 2.05) is 30.0 Å². The van der Waals surface area contributed by atoms with Gasteiger partial charge in [0.1, 0.15) is 0 Å². The number of benzene rings is 1. The summed E-state index contributed by atoms with van der Waals surface area (Å²) in [5.74, 6) is 1.08. The summed E-state index contributed by atoms with van der Waals surface area (Å²) in [7, 11) is 1.65. The molecule has 126 valence electrons. The summed E-state index contributed by atoms with van der Waals surface area (Å²) in [4.78, 5) is 27.9. The average Bonchev–Trinajstić information content (AvgIpc) is 2.60. The summed E-state index contributed by atoms with van der Waals surface area (Å²) in [6.07, 6.45) is 0. The summed E-state index contributed by atoms with van der Waals surface area (Å²) in [5.41, 5.74) is 1.24. The third-order valence-electron chi connectivity index (χ3n) is 4.02. The predicted molar refractivity (Wildman–Crippen MR) is 94.3 cm³/mol. The van der Waals surface area contributed by atoms with Crippen LogP contribution in [0.5, 0.6) is 0 Å². The monoisotopic (exact) mass is 335 g/mol. The maximum atomic E-state index is 12.5. The minimum absolute atomic E-state index is 0.0246. The Hall–Kier alpha value is -1.53. The average molecular weight is 335 g/mol. The van der Waals surface area contributed by atoms with Gasteiger partial charge < -0.3 is 10.2 Å². The standard InChI is InChI=1S/C17H25N3O2S/c1-14(23-13-15-6-4-3-5-7-15)17(22)20-10-8-19(9-11-20)12-16(21)18-2/h3-7,14H,8-13H2,1-2H3,(H,18,21)/t14-/m0/s1. The first-order valence-corrected chi connectivity index (χ1v) is 9.02. The molecule has 0 aliphatic carbocycles. The lowest BCUT2D eigenvalue weighted by Crippen LogP contribution is -2.52. The number of nitrogens with zero attached hydrogens (tertiary/aromatic N) is 2. The number of carbonyl (C=O) groups excluding carboxylic acids is 2.